The van der Waals surface area contributed by atoms with Gasteiger partial charge in [-0.05, 0) is 57.9 Å². The van der Waals surface area contributed by atoms with Gasteiger partial charge in [-0.1, -0.05) is 6.07 Å². The summed E-state index contributed by atoms with van der Waals surface area (Å²) < 4.78 is 42.6. The van der Waals surface area contributed by atoms with E-state index in [9.17, 15) is 17.8 Å². The molecule has 0 aliphatic heterocycles. The first kappa shape index (κ1) is 22.4. The van der Waals surface area contributed by atoms with Crippen LogP contribution in [0.25, 0.3) is 0 Å². The zero-order valence-electron chi connectivity index (χ0n) is 16.0. The number of benzene rings is 1. The monoisotopic (exact) mass is 389 g/mol. The second-order valence-electron chi connectivity index (χ2n) is 6.74. The highest BCUT2D eigenvalue weighted by molar-refractivity contribution is 7.85. The molecule has 0 fully saturated rings. The van der Waals surface area contributed by atoms with E-state index in [0.29, 0.717) is 12.2 Å². The van der Waals surface area contributed by atoms with Crippen LogP contribution in [0, 0.1) is 6.92 Å². The maximum absolute atomic E-state index is 12.0. The van der Waals surface area contributed by atoms with Crippen LogP contribution in [0.2, 0.25) is 0 Å². The molecule has 0 bridgehead atoms. The Balaban J connectivity index is 2.93. The second-order valence-corrected chi connectivity index (χ2v) is 8.16. The smallest absolute Gasteiger partial charge is 0.434 e. The summed E-state index contributed by atoms with van der Waals surface area (Å²) >= 11 is 0. The van der Waals surface area contributed by atoms with Crippen LogP contribution in [-0.2, 0) is 30.9 Å². The maximum atomic E-state index is 12.0. The van der Waals surface area contributed by atoms with Gasteiger partial charge in [0, 0.05) is 20.1 Å². The molecule has 26 heavy (non-hydrogen) atoms. The first-order valence-corrected chi connectivity index (χ1v) is 9.59. The normalized spacial score (nSPS) is 13.3. The number of amides is 1. The molecule has 1 N–H and O–H groups in total. The van der Waals surface area contributed by atoms with E-state index in [4.69, 9.17) is 14.3 Å². The molecule has 1 unspecified atom stereocenters. The summed E-state index contributed by atoms with van der Waals surface area (Å²) in [5, 5.41) is 0.938. The zero-order valence-corrected chi connectivity index (χ0v) is 16.8. The highest BCUT2D eigenvalue weighted by Gasteiger charge is 2.24. The van der Waals surface area contributed by atoms with Gasteiger partial charge in [0.25, 0.3) is 10.1 Å². The lowest BCUT2D eigenvalue weighted by Gasteiger charge is -2.27. The van der Waals surface area contributed by atoms with Crippen LogP contribution in [0.1, 0.15) is 38.8 Å². The van der Waals surface area contributed by atoms with Gasteiger partial charge >= 0.3 is 6.09 Å². The van der Waals surface area contributed by atoms with Gasteiger partial charge in [-0.2, -0.15) is 13.5 Å². The van der Waals surface area contributed by atoms with Crippen LogP contribution in [0.15, 0.2) is 23.1 Å². The summed E-state index contributed by atoms with van der Waals surface area (Å²) in [6.07, 6.45) is -1.34. The van der Waals surface area contributed by atoms with Crippen molar-refractivity contribution in [2.75, 3.05) is 13.7 Å². The molecule has 1 aromatic carbocycles. The lowest BCUT2D eigenvalue weighted by Crippen LogP contribution is -2.38. The molecular weight excluding hydrogens is 362 g/mol. The van der Waals surface area contributed by atoms with E-state index in [1.807, 2.05) is 0 Å². The predicted octanol–water partition coefficient (Wildman–Crippen LogP) is 2.95. The van der Waals surface area contributed by atoms with Crippen LogP contribution >= 0.6 is 0 Å². The summed E-state index contributed by atoms with van der Waals surface area (Å²) in [7, 11) is -2.91. The quantitative estimate of drug-likeness (QED) is 0.434. The summed E-state index contributed by atoms with van der Waals surface area (Å²) in [6, 6.07) is 4.25. The van der Waals surface area contributed by atoms with Crippen molar-refractivity contribution in [3.8, 4) is 0 Å². The number of nitrogens with zero attached hydrogens (tertiary/aromatic N) is 1. The zero-order chi connectivity index (χ0) is 20.1. The molecule has 0 radical (unpaired) electrons. The van der Waals surface area contributed by atoms with Gasteiger partial charge in [0.15, 0.2) is 6.29 Å². The van der Waals surface area contributed by atoms with Gasteiger partial charge in [-0.3, -0.25) is 4.55 Å². The van der Waals surface area contributed by atoms with Crippen molar-refractivity contribution < 1.29 is 32.1 Å². The number of ether oxygens (including phenoxy) is 2. The molecule has 0 saturated carbocycles. The molecule has 0 saturated heterocycles. The van der Waals surface area contributed by atoms with Crippen molar-refractivity contribution in [2.45, 2.75) is 57.8 Å². The maximum Gasteiger partial charge on any atom is 0.434 e. The molecule has 8 nitrogen and oxygen atoms in total. The Morgan fingerprint density at radius 2 is 1.92 bits per heavy atom. The van der Waals surface area contributed by atoms with Crippen LogP contribution in [0.4, 0.5) is 4.79 Å². The van der Waals surface area contributed by atoms with Crippen molar-refractivity contribution in [2.24, 2.45) is 0 Å². The fourth-order valence-electron chi connectivity index (χ4n) is 2.07. The van der Waals surface area contributed by atoms with Gasteiger partial charge in [0.05, 0.1) is 4.90 Å². The van der Waals surface area contributed by atoms with Gasteiger partial charge in [0.2, 0.25) is 0 Å². The minimum atomic E-state index is -4.31. The fourth-order valence-corrected chi connectivity index (χ4v) is 2.60. The van der Waals surface area contributed by atoms with Gasteiger partial charge in [-0.25, -0.2) is 9.63 Å². The van der Waals surface area contributed by atoms with Crippen molar-refractivity contribution in [1.82, 2.24) is 5.06 Å². The Kier molecular flexibility index (Phi) is 7.57. The molecule has 1 atom stereocenters. The summed E-state index contributed by atoms with van der Waals surface area (Å²) in [4.78, 5) is 17.3. The minimum absolute atomic E-state index is 0.177. The molecule has 9 heteroatoms. The van der Waals surface area contributed by atoms with Gasteiger partial charge < -0.3 is 9.47 Å². The van der Waals surface area contributed by atoms with Crippen molar-refractivity contribution >= 4 is 16.2 Å². The first-order valence-electron chi connectivity index (χ1n) is 8.15. The number of carbonyl (C=O) groups excluding carboxylic acids is 1. The van der Waals surface area contributed by atoms with Gasteiger partial charge in [-0.15, -0.1) is 0 Å². The molecule has 148 valence electrons. The van der Waals surface area contributed by atoms with Crippen LogP contribution in [0.5, 0.6) is 0 Å². The Bertz CT molecular complexity index is 725. The highest BCUT2D eigenvalue weighted by atomic mass is 32.2. The SMILES string of the molecule is CCOC(Cc1cc(S(=O)(=O)O)ccc1C)ON(C)C(=O)OC(C)(C)C. The van der Waals surface area contributed by atoms with E-state index in [0.717, 1.165) is 10.6 Å². The Morgan fingerprint density at radius 3 is 2.42 bits per heavy atom. The molecule has 1 amide bonds. The third kappa shape index (κ3) is 7.28. The van der Waals surface area contributed by atoms with E-state index in [1.165, 1.54) is 19.2 Å². The van der Waals surface area contributed by atoms with Crippen molar-refractivity contribution in [1.29, 1.82) is 0 Å². The molecule has 1 rings (SSSR count). The average molecular weight is 389 g/mol. The Hall–Kier alpha value is -1.68. The fraction of sp³-hybridized carbons (Fsp3) is 0.588. The standard InChI is InChI=1S/C17H27NO7S/c1-7-23-15(25-18(6)16(19)24-17(3,4)5)11-13-10-14(26(20,21)22)9-8-12(13)2/h8-10,15H,7,11H2,1-6H3,(H,20,21,22). The third-order valence-electron chi connectivity index (χ3n) is 3.28. The number of hydrogen-bond acceptors (Lipinski definition) is 6. The lowest BCUT2D eigenvalue weighted by atomic mass is 10.1. The van der Waals surface area contributed by atoms with Crippen LogP contribution < -0.4 is 0 Å². The number of carbonyl (C=O) groups is 1. The minimum Gasteiger partial charge on any atom is -0.442 e. The molecule has 0 heterocycles. The number of rotatable bonds is 7. The molecule has 0 aliphatic carbocycles. The molecular formula is C17H27NO7S. The summed E-state index contributed by atoms with van der Waals surface area (Å²) in [5.74, 6) is 0. The summed E-state index contributed by atoms with van der Waals surface area (Å²) in [5.41, 5.74) is 0.734. The van der Waals surface area contributed by atoms with Crippen LogP contribution in [-0.4, -0.2) is 49.7 Å². The molecule has 0 aliphatic rings. The first-order chi connectivity index (χ1) is 11.8. The molecule has 0 aromatic heterocycles. The predicted molar refractivity (Wildman–Crippen MR) is 95.2 cm³/mol. The number of hydrogen-bond donors (Lipinski definition) is 1. The topological polar surface area (TPSA) is 102 Å². The third-order valence-corrected chi connectivity index (χ3v) is 4.13. The average Bonchev–Trinajstić information content (AvgIpc) is 2.46. The van der Waals surface area contributed by atoms with E-state index in [2.05, 4.69) is 0 Å². The van der Waals surface area contributed by atoms with E-state index in [-0.39, 0.29) is 11.3 Å². The second kappa shape index (κ2) is 8.81. The van der Waals surface area contributed by atoms with E-state index in [1.54, 1.807) is 40.7 Å². The Labute approximate surface area is 154 Å². The number of aryl methyl sites for hydroxylation is 1. The van der Waals surface area contributed by atoms with E-state index < -0.39 is 28.1 Å². The molecule has 0 spiro atoms. The van der Waals surface area contributed by atoms with Crippen LogP contribution in [0.3, 0.4) is 0 Å². The highest BCUT2D eigenvalue weighted by Crippen LogP contribution is 2.19. The largest absolute Gasteiger partial charge is 0.442 e. The summed E-state index contributed by atoms with van der Waals surface area (Å²) in [6.45, 7) is 9.10. The lowest BCUT2D eigenvalue weighted by molar-refractivity contribution is -0.253. The van der Waals surface area contributed by atoms with Crippen molar-refractivity contribution in [3.05, 3.63) is 29.3 Å². The van der Waals surface area contributed by atoms with Crippen molar-refractivity contribution in [3.63, 3.8) is 0 Å². The van der Waals surface area contributed by atoms with E-state index >= 15 is 0 Å². The Morgan fingerprint density at radius 1 is 1.31 bits per heavy atom. The van der Waals surface area contributed by atoms with Gasteiger partial charge in [0.1, 0.15) is 5.60 Å². The number of hydroxylamine groups is 2. The molecule has 1 aromatic rings.